The van der Waals surface area contributed by atoms with E-state index >= 15 is 0 Å². The van der Waals surface area contributed by atoms with Crippen molar-refractivity contribution in [2.24, 2.45) is 0 Å². The molecule has 3 aromatic rings. The fraction of sp³-hybridized carbons (Fsp3) is 0.400. The number of amides is 1. The molecule has 0 aliphatic carbocycles. The molecule has 1 amide bonds. The summed E-state index contributed by atoms with van der Waals surface area (Å²) in [5.74, 6) is 0.999. The van der Waals surface area contributed by atoms with Gasteiger partial charge in [-0.2, -0.15) is 4.98 Å². The van der Waals surface area contributed by atoms with Crippen LogP contribution in [-0.4, -0.2) is 66.5 Å². The predicted molar refractivity (Wildman–Crippen MR) is 132 cm³/mol. The summed E-state index contributed by atoms with van der Waals surface area (Å²) in [5.41, 5.74) is 2.55. The molecule has 2 aromatic carbocycles. The molecule has 1 atom stereocenters. The predicted octanol–water partition coefficient (Wildman–Crippen LogP) is 3.25. The van der Waals surface area contributed by atoms with Crippen LogP contribution in [0.4, 0.5) is 0 Å². The average Bonchev–Trinajstić information content (AvgIpc) is 3.33. The highest BCUT2D eigenvalue weighted by molar-refractivity contribution is 7.89. The van der Waals surface area contributed by atoms with E-state index in [1.165, 1.54) is 17.7 Å². The number of carbonyl (C=O) groups excluding carboxylic acids is 1. The molecular weight excluding hydrogens is 466 g/mol. The second-order valence-corrected chi connectivity index (χ2v) is 10.8. The highest BCUT2D eigenvalue weighted by Crippen LogP contribution is 2.24. The van der Waals surface area contributed by atoms with Gasteiger partial charge in [-0.3, -0.25) is 9.69 Å². The van der Waals surface area contributed by atoms with Crippen LogP contribution < -0.4 is 4.72 Å². The van der Waals surface area contributed by atoms with Gasteiger partial charge in [-0.1, -0.05) is 35.0 Å². The number of sulfonamides is 1. The van der Waals surface area contributed by atoms with Gasteiger partial charge in [-0.05, 0) is 52.0 Å². The summed E-state index contributed by atoms with van der Waals surface area (Å²) in [6.45, 7) is 10.0. The first kappa shape index (κ1) is 25.0. The molecule has 0 spiro atoms. The molecule has 0 unspecified atom stereocenters. The van der Waals surface area contributed by atoms with Crippen molar-refractivity contribution in [2.45, 2.75) is 44.7 Å². The molecule has 4 rings (SSSR count). The van der Waals surface area contributed by atoms with E-state index < -0.39 is 10.0 Å². The summed E-state index contributed by atoms with van der Waals surface area (Å²) < 4.78 is 32.7. The maximum absolute atomic E-state index is 13.0. The van der Waals surface area contributed by atoms with E-state index in [-0.39, 0.29) is 22.9 Å². The third-order valence-electron chi connectivity index (χ3n) is 6.06. The van der Waals surface area contributed by atoms with E-state index in [0.717, 1.165) is 5.56 Å². The lowest BCUT2D eigenvalue weighted by Gasteiger charge is -2.36. The summed E-state index contributed by atoms with van der Waals surface area (Å²) in [4.78, 5) is 21.7. The topological polar surface area (TPSA) is 109 Å². The van der Waals surface area contributed by atoms with Crippen molar-refractivity contribution in [1.82, 2.24) is 24.7 Å². The molecule has 1 aliphatic rings. The van der Waals surface area contributed by atoms with Crippen molar-refractivity contribution in [1.29, 1.82) is 0 Å². The number of hydrogen-bond acceptors (Lipinski definition) is 7. The zero-order valence-electron chi connectivity index (χ0n) is 20.4. The van der Waals surface area contributed by atoms with Gasteiger partial charge in [-0.25, -0.2) is 13.1 Å². The SMILES string of the molecule is Cc1ccc(-c2noc([C@H](C)N3CCN(C(=O)c4ccc(S(=O)(=O)NC(C)C)cc4)CC3)n2)cc1. The molecular formula is C25H31N5O4S. The van der Waals surface area contributed by atoms with Crippen molar-refractivity contribution in [3.63, 3.8) is 0 Å². The minimum Gasteiger partial charge on any atom is -0.337 e. The van der Waals surface area contributed by atoms with E-state index in [1.54, 1.807) is 30.9 Å². The van der Waals surface area contributed by atoms with Crippen molar-refractivity contribution in [3.05, 3.63) is 65.5 Å². The number of nitrogens with zero attached hydrogens (tertiary/aromatic N) is 4. The smallest absolute Gasteiger partial charge is 0.253 e. The molecule has 9 nitrogen and oxygen atoms in total. The first-order valence-corrected chi connectivity index (χ1v) is 13.2. The summed E-state index contributed by atoms with van der Waals surface area (Å²) in [7, 11) is -3.59. The number of rotatable bonds is 7. The number of benzene rings is 2. The lowest BCUT2D eigenvalue weighted by atomic mass is 10.1. The molecule has 186 valence electrons. The Kier molecular flexibility index (Phi) is 7.34. The van der Waals surface area contributed by atoms with Gasteiger partial charge in [0.1, 0.15) is 0 Å². The normalized spacial score (nSPS) is 16.0. The van der Waals surface area contributed by atoms with Gasteiger partial charge in [0.25, 0.3) is 5.91 Å². The molecule has 0 saturated carbocycles. The number of piperazine rings is 1. The molecule has 1 aliphatic heterocycles. The Balaban J connectivity index is 1.35. The van der Waals surface area contributed by atoms with Crippen molar-refractivity contribution < 1.29 is 17.7 Å². The number of hydrogen-bond donors (Lipinski definition) is 1. The van der Waals surface area contributed by atoms with Gasteiger partial charge in [0.05, 0.1) is 10.9 Å². The van der Waals surface area contributed by atoms with E-state index in [2.05, 4.69) is 19.8 Å². The van der Waals surface area contributed by atoms with Crippen molar-refractivity contribution >= 4 is 15.9 Å². The van der Waals surface area contributed by atoms with Crippen LogP contribution in [0.5, 0.6) is 0 Å². The molecule has 2 heterocycles. The molecule has 35 heavy (non-hydrogen) atoms. The Morgan fingerprint density at radius 1 is 0.971 bits per heavy atom. The quantitative estimate of drug-likeness (QED) is 0.534. The van der Waals surface area contributed by atoms with Crippen LogP contribution in [0.2, 0.25) is 0 Å². The fourth-order valence-electron chi connectivity index (χ4n) is 4.03. The molecule has 1 fully saturated rings. The second kappa shape index (κ2) is 10.3. The van der Waals surface area contributed by atoms with Crippen LogP contribution in [0.3, 0.4) is 0 Å². The first-order valence-electron chi connectivity index (χ1n) is 11.7. The largest absolute Gasteiger partial charge is 0.337 e. The Hall–Kier alpha value is -3.08. The Labute approximate surface area is 206 Å². The van der Waals surface area contributed by atoms with E-state index in [4.69, 9.17) is 4.52 Å². The second-order valence-electron chi connectivity index (χ2n) is 9.13. The molecule has 1 aromatic heterocycles. The van der Waals surface area contributed by atoms with Gasteiger partial charge in [0.2, 0.25) is 21.7 Å². The van der Waals surface area contributed by atoms with Crippen LogP contribution in [-0.2, 0) is 10.0 Å². The van der Waals surface area contributed by atoms with Crippen molar-refractivity contribution in [2.75, 3.05) is 26.2 Å². The minimum atomic E-state index is -3.59. The van der Waals surface area contributed by atoms with Crippen LogP contribution in [0.1, 0.15) is 48.6 Å². The molecule has 10 heteroatoms. The van der Waals surface area contributed by atoms with Crippen LogP contribution >= 0.6 is 0 Å². The lowest BCUT2D eigenvalue weighted by molar-refractivity contribution is 0.0551. The van der Waals surface area contributed by atoms with Gasteiger partial charge >= 0.3 is 0 Å². The molecule has 0 radical (unpaired) electrons. The highest BCUT2D eigenvalue weighted by Gasteiger charge is 2.28. The van der Waals surface area contributed by atoms with Crippen LogP contribution in [0, 0.1) is 6.92 Å². The monoisotopic (exact) mass is 497 g/mol. The van der Waals surface area contributed by atoms with Gasteiger partial charge in [-0.15, -0.1) is 0 Å². The summed E-state index contributed by atoms with van der Waals surface area (Å²) >= 11 is 0. The Bertz CT molecular complexity index is 1260. The number of aromatic nitrogens is 2. The van der Waals surface area contributed by atoms with E-state index in [0.29, 0.717) is 43.5 Å². The Morgan fingerprint density at radius 2 is 1.60 bits per heavy atom. The number of nitrogens with one attached hydrogen (secondary N) is 1. The minimum absolute atomic E-state index is 0.0723. The lowest BCUT2D eigenvalue weighted by Crippen LogP contribution is -2.49. The summed E-state index contributed by atoms with van der Waals surface area (Å²) in [6.07, 6.45) is 0. The molecule has 0 bridgehead atoms. The maximum atomic E-state index is 13.0. The van der Waals surface area contributed by atoms with Gasteiger partial charge in [0.15, 0.2) is 0 Å². The standard InChI is InChI=1S/C25H31N5O4S/c1-17(2)28-35(32,33)22-11-9-21(10-12-22)25(31)30-15-13-29(14-16-30)19(4)24-26-23(27-34-24)20-7-5-18(3)6-8-20/h5-12,17,19,28H,13-16H2,1-4H3/t19-/m0/s1. The van der Waals surface area contributed by atoms with Crippen LogP contribution in [0.15, 0.2) is 57.9 Å². The van der Waals surface area contributed by atoms with Gasteiger partial charge < -0.3 is 9.42 Å². The van der Waals surface area contributed by atoms with E-state index in [9.17, 15) is 13.2 Å². The zero-order chi connectivity index (χ0) is 25.2. The summed E-state index contributed by atoms with van der Waals surface area (Å²) in [6, 6.07) is 13.8. The zero-order valence-corrected chi connectivity index (χ0v) is 21.2. The number of carbonyl (C=O) groups is 1. The molecule has 1 N–H and O–H groups in total. The first-order chi connectivity index (χ1) is 16.6. The highest BCUT2D eigenvalue weighted by atomic mass is 32.2. The molecule has 1 saturated heterocycles. The fourth-order valence-corrected chi connectivity index (χ4v) is 5.28. The van der Waals surface area contributed by atoms with Gasteiger partial charge in [0, 0.05) is 43.3 Å². The third-order valence-corrected chi connectivity index (χ3v) is 7.73. The van der Waals surface area contributed by atoms with Crippen molar-refractivity contribution in [3.8, 4) is 11.4 Å². The average molecular weight is 498 g/mol. The van der Waals surface area contributed by atoms with Crippen LogP contribution in [0.25, 0.3) is 11.4 Å². The van der Waals surface area contributed by atoms with E-state index in [1.807, 2.05) is 38.1 Å². The Morgan fingerprint density at radius 3 is 2.20 bits per heavy atom. The number of aryl methyl sites for hydroxylation is 1. The maximum Gasteiger partial charge on any atom is 0.253 e. The third kappa shape index (κ3) is 5.77. The summed E-state index contributed by atoms with van der Waals surface area (Å²) in [5, 5.41) is 4.13.